The minimum Gasteiger partial charge on any atom is -0.459 e. The molecule has 18 heavy (non-hydrogen) atoms. The maximum atomic E-state index is 13.7. The maximum absolute atomic E-state index is 13.7. The molecule has 0 amide bonds. The molecule has 0 radical (unpaired) electrons. The lowest BCUT2D eigenvalue weighted by Crippen LogP contribution is -2.35. The van der Waals surface area contributed by atoms with Crippen molar-refractivity contribution in [3.8, 4) is 0 Å². The average molecular weight is 253 g/mol. The van der Waals surface area contributed by atoms with E-state index in [1.165, 1.54) is 6.07 Å². The zero-order valence-corrected chi connectivity index (χ0v) is 11.0. The van der Waals surface area contributed by atoms with Gasteiger partial charge in [-0.3, -0.25) is 0 Å². The van der Waals surface area contributed by atoms with Gasteiger partial charge < -0.3 is 9.73 Å². The Morgan fingerprint density at radius 1 is 1.22 bits per heavy atom. The smallest absolute Gasteiger partial charge is 0.140 e. The van der Waals surface area contributed by atoms with Crippen LogP contribution >= 0.6 is 0 Å². The second-order valence-corrected chi connectivity index (χ2v) is 5.51. The standard InChI is InChI=1S/C14H17F2NO/c1-8-12(7-17-14(2,3)4)18-11-6-9(15)5-10(16)13(8)11/h5-6,17H,7H2,1-4H3. The number of furan rings is 1. The topological polar surface area (TPSA) is 25.2 Å². The van der Waals surface area contributed by atoms with E-state index in [0.29, 0.717) is 17.7 Å². The van der Waals surface area contributed by atoms with Crippen molar-refractivity contribution in [2.75, 3.05) is 0 Å². The molecule has 0 aliphatic carbocycles. The average Bonchev–Trinajstić information content (AvgIpc) is 2.51. The summed E-state index contributed by atoms with van der Waals surface area (Å²) < 4.78 is 32.3. The summed E-state index contributed by atoms with van der Waals surface area (Å²) in [5.74, 6) is -0.554. The van der Waals surface area contributed by atoms with Crippen LogP contribution in [0.4, 0.5) is 8.78 Å². The molecule has 98 valence electrons. The molecule has 2 aromatic rings. The van der Waals surface area contributed by atoms with E-state index >= 15 is 0 Å². The molecule has 1 heterocycles. The second kappa shape index (κ2) is 4.35. The van der Waals surface area contributed by atoms with Crippen molar-refractivity contribution in [1.29, 1.82) is 0 Å². The Bertz CT molecular complexity index is 581. The van der Waals surface area contributed by atoms with E-state index in [2.05, 4.69) is 5.32 Å². The first kappa shape index (κ1) is 13.0. The molecule has 0 aliphatic heterocycles. The summed E-state index contributed by atoms with van der Waals surface area (Å²) in [6, 6.07) is 2.10. The zero-order chi connectivity index (χ0) is 13.5. The van der Waals surface area contributed by atoms with Gasteiger partial charge in [0.25, 0.3) is 0 Å². The number of halogens is 2. The van der Waals surface area contributed by atoms with Gasteiger partial charge in [0.05, 0.1) is 11.9 Å². The Morgan fingerprint density at radius 2 is 1.89 bits per heavy atom. The van der Waals surface area contributed by atoms with Crippen LogP contribution in [-0.2, 0) is 6.54 Å². The molecular weight excluding hydrogens is 236 g/mol. The number of nitrogens with one attached hydrogen (secondary N) is 1. The monoisotopic (exact) mass is 253 g/mol. The fourth-order valence-electron chi connectivity index (χ4n) is 1.86. The summed E-state index contributed by atoms with van der Waals surface area (Å²) in [4.78, 5) is 0. The predicted octanol–water partition coefficient (Wildman–Crippen LogP) is 3.91. The summed E-state index contributed by atoms with van der Waals surface area (Å²) in [5, 5.41) is 3.63. The van der Waals surface area contributed by atoms with Gasteiger partial charge in [-0.05, 0) is 27.7 Å². The number of fused-ring (bicyclic) bond motifs is 1. The van der Waals surface area contributed by atoms with E-state index in [1.54, 1.807) is 6.92 Å². The van der Waals surface area contributed by atoms with Gasteiger partial charge in [-0.1, -0.05) is 0 Å². The fraction of sp³-hybridized carbons (Fsp3) is 0.429. The number of rotatable bonds is 2. The molecule has 0 spiro atoms. The van der Waals surface area contributed by atoms with E-state index in [4.69, 9.17) is 4.42 Å². The van der Waals surface area contributed by atoms with Gasteiger partial charge in [0, 0.05) is 23.2 Å². The van der Waals surface area contributed by atoms with Crippen molar-refractivity contribution < 1.29 is 13.2 Å². The first-order valence-electron chi connectivity index (χ1n) is 5.90. The van der Waals surface area contributed by atoms with Crippen molar-refractivity contribution >= 4 is 11.0 Å². The summed E-state index contributed by atoms with van der Waals surface area (Å²) in [7, 11) is 0. The van der Waals surface area contributed by atoms with Crippen LogP contribution in [-0.4, -0.2) is 5.54 Å². The molecule has 0 aliphatic rings. The highest BCUT2D eigenvalue weighted by molar-refractivity contribution is 5.82. The Kier molecular flexibility index (Phi) is 3.15. The minimum atomic E-state index is -0.621. The van der Waals surface area contributed by atoms with E-state index in [-0.39, 0.29) is 11.1 Å². The van der Waals surface area contributed by atoms with Gasteiger partial charge >= 0.3 is 0 Å². The third-order valence-electron chi connectivity index (χ3n) is 2.82. The van der Waals surface area contributed by atoms with E-state index in [0.717, 1.165) is 11.6 Å². The molecule has 0 bridgehead atoms. The highest BCUT2D eigenvalue weighted by atomic mass is 19.1. The quantitative estimate of drug-likeness (QED) is 0.877. The van der Waals surface area contributed by atoms with Gasteiger partial charge in [-0.2, -0.15) is 0 Å². The number of hydrogen-bond acceptors (Lipinski definition) is 2. The van der Waals surface area contributed by atoms with Gasteiger partial charge in [-0.15, -0.1) is 0 Å². The molecule has 0 unspecified atom stereocenters. The highest BCUT2D eigenvalue weighted by Crippen LogP contribution is 2.28. The Labute approximate surface area is 105 Å². The maximum Gasteiger partial charge on any atom is 0.140 e. The highest BCUT2D eigenvalue weighted by Gasteiger charge is 2.17. The first-order valence-corrected chi connectivity index (χ1v) is 5.90. The molecule has 0 atom stereocenters. The summed E-state index contributed by atoms with van der Waals surface area (Å²) in [6.45, 7) is 8.37. The third kappa shape index (κ3) is 2.53. The zero-order valence-electron chi connectivity index (χ0n) is 11.0. The number of aryl methyl sites for hydroxylation is 1. The number of benzene rings is 1. The Balaban J connectivity index is 2.42. The van der Waals surface area contributed by atoms with Gasteiger partial charge in [-0.25, -0.2) is 8.78 Å². The lowest BCUT2D eigenvalue weighted by Gasteiger charge is -2.19. The minimum absolute atomic E-state index is 0.0603. The van der Waals surface area contributed by atoms with Crippen molar-refractivity contribution in [1.82, 2.24) is 5.32 Å². The summed E-state index contributed by atoms with van der Waals surface area (Å²) >= 11 is 0. The molecule has 1 aromatic carbocycles. The van der Waals surface area contributed by atoms with Crippen LogP contribution < -0.4 is 5.32 Å². The molecule has 1 N–H and O–H groups in total. The largest absolute Gasteiger partial charge is 0.459 e. The van der Waals surface area contributed by atoms with E-state index in [9.17, 15) is 8.78 Å². The van der Waals surface area contributed by atoms with Crippen LogP contribution in [0.15, 0.2) is 16.5 Å². The van der Waals surface area contributed by atoms with Crippen LogP contribution in [0.1, 0.15) is 32.1 Å². The molecule has 4 heteroatoms. The van der Waals surface area contributed by atoms with Crippen molar-refractivity contribution in [3.63, 3.8) is 0 Å². The van der Waals surface area contributed by atoms with Gasteiger partial charge in [0.15, 0.2) is 0 Å². The molecule has 2 rings (SSSR count). The van der Waals surface area contributed by atoms with Crippen LogP contribution in [0.2, 0.25) is 0 Å². The van der Waals surface area contributed by atoms with Crippen molar-refractivity contribution in [3.05, 3.63) is 35.1 Å². The summed E-state index contributed by atoms with van der Waals surface area (Å²) in [5.41, 5.74) is 0.921. The molecule has 0 saturated carbocycles. The lowest BCUT2D eigenvalue weighted by atomic mass is 10.1. The lowest BCUT2D eigenvalue weighted by molar-refractivity contribution is 0.393. The van der Waals surface area contributed by atoms with E-state index in [1.807, 2.05) is 20.8 Å². The van der Waals surface area contributed by atoms with E-state index < -0.39 is 11.6 Å². The van der Waals surface area contributed by atoms with Gasteiger partial charge in [0.1, 0.15) is 23.0 Å². The fourth-order valence-corrected chi connectivity index (χ4v) is 1.86. The van der Waals surface area contributed by atoms with Crippen LogP contribution in [0.3, 0.4) is 0 Å². The SMILES string of the molecule is Cc1c(CNC(C)(C)C)oc2cc(F)cc(F)c12. The van der Waals surface area contributed by atoms with Crippen LogP contribution in [0, 0.1) is 18.6 Å². The van der Waals surface area contributed by atoms with Crippen molar-refractivity contribution in [2.24, 2.45) is 0 Å². The molecular formula is C14H17F2NO. The normalized spacial score (nSPS) is 12.3. The summed E-state index contributed by atoms with van der Waals surface area (Å²) in [6.07, 6.45) is 0. The third-order valence-corrected chi connectivity index (χ3v) is 2.82. The number of hydrogen-bond donors (Lipinski definition) is 1. The second-order valence-electron chi connectivity index (χ2n) is 5.51. The van der Waals surface area contributed by atoms with Gasteiger partial charge in [0.2, 0.25) is 0 Å². The molecule has 2 nitrogen and oxygen atoms in total. The molecule has 0 fully saturated rings. The van der Waals surface area contributed by atoms with Crippen LogP contribution in [0.25, 0.3) is 11.0 Å². The predicted molar refractivity (Wildman–Crippen MR) is 67.5 cm³/mol. The first-order chi connectivity index (χ1) is 8.28. The molecule has 0 saturated heterocycles. The van der Waals surface area contributed by atoms with Crippen molar-refractivity contribution in [2.45, 2.75) is 39.8 Å². The van der Waals surface area contributed by atoms with Crippen LogP contribution in [0.5, 0.6) is 0 Å². The Hall–Kier alpha value is -1.42. The Morgan fingerprint density at radius 3 is 2.50 bits per heavy atom. The molecule has 1 aromatic heterocycles.